The van der Waals surface area contributed by atoms with Crippen molar-refractivity contribution in [3.63, 3.8) is 0 Å². The zero-order chi connectivity index (χ0) is 17.2. The Hall–Kier alpha value is -1.36. The number of rotatable bonds is 3. The number of benzene rings is 1. The van der Waals surface area contributed by atoms with Gasteiger partial charge in [0.15, 0.2) is 9.84 Å². The Kier molecular flexibility index (Phi) is 5.28. The van der Waals surface area contributed by atoms with Gasteiger partial charge >= 0.3 is 0 Å². The van der Waals surface area contributed by atoms with Crippen molar-refractivity contribution in [1.82, 2.24) is 4.90 Å². The summed E-state index contributed by atoms with van der Waals surface area (Å²) < 4.78 is 26.3. The highest BCUT2D eigenvalue weighted by Crippen LogP contribution is 2.37. The highest BCUT2D eigenvalue weighted by atomic mass is 32.2. The van der Waals surface area contributed by atoms with Crippen molar-refractivity contribution in [2.75, 3.05) is 13.1 Å². The summed E-state index contributed by atoms with van der Waals surface area (Å²) in [5, 5.41) is -1.49. The van der Waals surface area contributed by atoms with Crippen LogP contribution < -0.4 is 0 Å². The second kappa shape index (κ2) is 7.26. The molecule has 0 radical (unpaired) electrons. The average Bonchev–Trinajstić information content (AvgIpc) is 2.89. The van der Waals surface area contributed by atoms with Crippen LogP contribution in [-0.4, -0.2) is 37.6 Å². The first-order valence-electron chi connectivity index (χ1n) is 9.11. The van der Waals surface area contributed by atoms with Crippen LogP contribution in [0.3, 0.4) is 0 Å². The van der Waals surface area contributed by atoms with Crippen molar-refractivity contribution in [1.29, 1.82) is 0 Å². The van der Waals surface area contributed by atoms with Gasteiger partial charge in [0.05, 0.1) is 5.25 Å². The van der Waals surface area contributed by atoms with Crippen molar-refractivity contribution >= 4 is 15.7 Å². The highest BCUT2D eigenvalue weighted by molar-refractivity contribution is 7.93. The van der Waals surface area contributed by atoms with E-state index in [0.29, 0.717) is 19.5 Å². The third-order valence-corrected chi connectivity index (χ3v) is 7.94. The molecule has 4 nitrogen and oxygen atoms in total. The molecule has 5 heteroatoms. The molecule has 0 aromatic heterocycles. The molecule has 1 aliphatic heterocycles. The summed E-state index contributed by atoms with van der Waals surface area (Å²) in [4.78, 5) is 14.6. The number of fused-ring (bicyclic) bond motifs is 1. The zero-order valence-corrected chi connectivity index (χ0v) is 15.2. The maximum absolute atomic E-state index is 13.2. The van der Waals surface area contributed by atoms with Crippen LogP contribution in [0.2, 0.25) is 0 Å². The standard InChI is InChI=1S/C19H27NO3S/c1-15(19(21)20-13-6-2-3-7-14-20)24(22,23)18-12-8-10-16-9-4-5-11-17(16)18/h4-5,9,11,15,18H,2-3,6-8,10,12-14H2,1H3/t15-,18-/m0/s1. The molecule has 0 N–H and O–H groups in total. The predicted molar refractivity (Wildman–Crippen MR) is 95.6 cm³/mol. The van der Waals surface area contributed by atoms with Crippen LogP contribution in [0.25, 0.3) is 0 Å². The van der Waals surface area contributed by atoms with E-state index in [2.05, 4.69) is 0 Å². The van der Waals surface area contributed by atoms with E-state index in [0.717, 1.165) is 49.7 Å². The Balaban J connectivity index is 1.83. The first kappa shape index (κ1) is 17.5. The molecule has 132 valence electrons. The van der Waals surface area contributed by atoms with Crippen molar-refractivity contribution in [3.05, 3.63) is 35.4 Å². The third-order valence-electron chi connectivity index (χ3n) is 5.47. The molecule has 1 fully saturated rings. The van der Waals surface area contributed by atoms with Gasteiger partial charge in [-0.05, 0) is 50.2 Å². The van der Waals surface area contributed by atoms with E-state index in [1.165, 1.54) is 0 Å². The number of hydrogen-bond acceptors (Lipinski definition) is 3. The number of carbonyl (C=O) groups excluding carboxylic acids is 1. The summed E-state index contributed by atoms with van der Waals surface area (Å²) in [5.41, 5.74) is 2.02. The van der Waals surface area contributed by atoms with Gasteiger partial charge in [-0.3, -0.25) is 4.79 Å². The second-order valence-corrected chi connectivity index (χ2v) is 9.50. The van der Waals surface area contributed by atoms with E-state index in [1.807, 2.05) is 24.3 Å². The van der Waals surface area contributed by atoms with Gasteiger partial charge in [-0.1, -0.05) is 37.1 Å². The summed E-state index contributed by atoms with van der Waals surface area (Å²) in [7, 11) is -3.53. The molecule has 0 bridgehead atoms. The van der Waals surface area contributed by atoms with Crippen molar-refractivity contribution < 1.29 is 13.2 Å². The van der Waals surface area contributed by atoms with E-state index in [9.17, 15) is 13.2 Å². The van der Waals surface area contributed by atoms with Crippen LogP contribution in [0.5, 0.6) is 0 Å². The molecule has 2 aliphatic rings. The Bertz CT molecular complexity index is 690. The van der Waals surface area contributed by atoms with Crippen LogP contribution in [0.15, 0.2) is 24.3 Å². The largest absolute Gasteiger partial charge is 0.342 e. The molecule has 1 saturated heterocycles. The molecular weight excluding hydrogens is 322 g/mol. The normalized spacial score (nSPS) is 23.2. The molecular formula is C19H27NO3S. The first-order valence-corrected chi connectivity index (χ1v) is 10.7. The van der Waals surface area contributed by atoms with E-state index >= 15 is 0 Å². The summed E-state index contributed by atoms with van der Waals surface area (Å²) in [5.74, 6) is -0.208. The van der Waals surface area contributed by atoms with Gasteiger partial charge in [-0.2, -0.15) is 0 Å². The van der Waals surface area contributed by atoms with Crippen molar-refractivity contribution in [2.24, 2.45) is 0 Å². The number of aryl methyl sites for hydroxylation is 1. The molecule has 2 atom stereocenters. The summed E-state index contributed by atoms with van der Waals surface area (Å²) in [6, 6.07) is 7.78. The molecule has 0 spiro atoms. The van der Waals surface area contributed by atoms with Gasteiger partial charge in [0.2, 0.25) is 5.91 Å². The Morgan fingerprint density at radius 3 is 2.46 bits per heavy atom. The summed E-state index contributed by atoms with van der Waals surface area (Å²) >= 11 is 0. The Morgan fingerprint density at radius 2 is 1.75 bits per heavy atom. The van der Waals surface area contributed by atoms with Gasteiger partial charge in [0.1, 0.15) is 5.25 Å². The van der Waals surface area contributed by atoms with Crippen molar-refractivity contribution in [3.8, 4) is 0 Å². The van der Waals surface area contributed by atoms with E-state index in [4.69, 9.17) is 0 Å². The fourth-order valence-electron chi connectivity index (χ4n) is 3.99. The first-order chi connectivity index (χ1) is 11.5. The van der Waals surface area contributed by atoms with Gasteiger partial charge < -0.3 is 4.90 Å². The topological polar surface area (TPSA) is 54.5 Å². The predicted octanol–water partition coefficient (Wildman–Crippen LogP) is 3.27. The van der Waals surface area contributed by atoms with Crippen LogP contribution in [-0.2, 0) is 21.1 Å². The molecule has 0 saturated carbocycles. The maximum atomic E-state index is 13.2. The molecule has 1 aliphatic carbocycles. The zero-order valence-electron chi connectivity index (χ0n) is 14.4. The van der Waals surface area contributed by atoms with Gasteiger partial charge in [-0.25, -0.2) is 8.42 Å². The maximum Gasteiger partial charge on any atom is 0.240 e. The van der Waals surface area contributed by atoms with Gasteiger partial charge in [0.25, 0.3) is 0 Å². The number of sulfone groups is 1. The highest BCUT2D eigenvalue weighted by Gasteiger charge is 2.40. The number of carbonyl (C=O) groups is 1. The summed E-state index contributed by atoms with van der Waals surface area (Å²) in [6.07, 6.45) is 6.62. The van der Waals surface area contributed by atoms with Gasteiger partial charge in [-0.15, -0.1) is 0 Å². The average molecular weight is 349 g/mol. The minimum Gasteiger partial charge on any atom is -0.342 e. The monoisotopic (exact) mass is 349 g/mol. The van der Waals surface area contributed by atoms with Gasteiger partial charge in [0, 0.05) is 13.1 Å². The molecule has 1 heterocycles. The lowest BCUT2D eigenvalue weighted by atomic mass is 9.91. The minimum atomic E-state index is -3.53. The fourth-order valence-corrected chi connectivity index (χ4v) is 5.99. The lowest BCUT2D eigenvalue weighted by Crippen LogP contribution is -2.43. The molecule has 0 unspecified atom stereocenters. The lowest BCUT2D eigenvalue weighted by Gasteiger charge is -2.30. The van der Waals surface area contributed by atoms with E-state index in [-0.39, 0.29) is 5.91 Å². The van der Waals surface area contributed by atoms with E-state index in [1.54, 1.807) is 11.8 Å². The van der Waals surface area contributed by atoms with Crippen LogP contribution in [0.1, 0.15) is 61.8 Å². The number of amides is 1. The third kappa shape index (κ3) is 3.37. The summed E-state index contributed by atoms with van der Waals surface area (Å²) in [6.45, 7) is 2.97. The quantitative estimate of drug-likeness (QED) is 0.841. The fraction of sp³-hybridized carbons (Fsp3) is 0.632. The number of nitrogens with zero attached hydrogens (tertiary/aromatic N) is 1. The van der Waals surface area contributed by atoms with Crippen molar-refractivity contribution in [2.45, 2.75) is 62.4 Å². The van der Waals surface area contributed by atoms with Crippen LogP contribution in [0.4, 0.5) is 0 Å². The lowest BCUT2D eigenvalue weighted by molar-refractivity contribution is -0.130. The SMILES string of the molecule is C[C@@H](C(=O)N1CCCCCC1)S(=O)(=O)[C@H]1CCCc2ccccc21. The number of likely N-dealkylation sites (tertiary alicyclic amines) is 1. The van der Waals surface area contributed by atoms with Crippen LogP contribution >= 0.6 is 0 Å². The van der Waals surface area contributed by atoms with Crippen LogP contribution in [0, 0.1) is 0 Å². The number of hydrogen-bond donors (Lipinski definition) is 0. The molecule has 1 aromatic rings. The molecule has 3 rings (SSSR count). The second-order valence-electron chi connectivity index (χ2n) is 7.05. The molecule has 1 aromatic carbocycles. The van der Waals surface area contributed by atoms with E-state index < -0.39 is 20.3 Å². The Labute approximate surface area is 145 Å². The molecule has 24 heavy (non-hydrogen) atoms. The molecule has 1 amide bonds. The smallest absolute Gasteiger partial charge is 0.240 e. The Morgan fingerprint density at radius 1 is 1.08 bits per heavy atom. The minimum absolute atomic E-state index is 0.208.